The molecule has 1 heterocycles. The van der Waals surface area contributed by atoms with Crippen LogP contribution in [0, 0.1) is 11.7 Å². The van der Waals surface area contributed by atoms with Gasteiger partial charge in [0.1, 0.15) is 10.7 Å². The number of hydrogen-bond donors (Lipinski definition) is 1. The summed E-state index contributed by atoms with van der Waals surface area (Å²) in [5.41, 5.74) is 5.81. The highest BCUT2D eigenvalue weighted by Crippen LogP contribution is 2.28. The van der Waals surface area contributed by atoms with Crippen molar-refractivity contribution in [2.24, 2.45) is 11.7 Å². The first kappa shape index (κ1) is 13.7. The third kappa shape index (κ3) is 2.38. The van der Waals surface area contributed by atoms with E-state index >= 15 is 0 Å². The lowest BCUT2D eigenvalue weighted by molar-refractivity contribution is 0.464. The quantitative estimate of drug-likeness (QED) is 0.897. The summed E-state index contributed by atoms with van der Waals surface area (Å²) in [4.78, 5) is -0.0770. The molecular weight excluding hydrogens is 279 g/mol. The minimum atomic E-state index is -3.70. The highest BCUT2D eigenvalue weighted by Gasteiger charge is 2.36. The molecule has 18 heavy (non-hydrogen) atoms. The van der Waals surface area contributed by atoms with Gasteiger partial charge in [-0.25, -0.2) is 12.8 Å². The average Bonchev–Trinajstić information content (AvgIpc) is 2.59. The third-order valence-electron chi connectivity index (χ3n) is 3.15. The Labute approximate surface area is 111 Å². The van der Waals surface area contributed by atoms with Crippen molar-refractivity contribution in [3.63, 3.8) is 0 Å². The molecule has 0 radical (unpaired) electrons. The molecule has 2 atom stereocenters. The van der Waals surface area contributed by atoms with Crippen LogP contribution < -0.4 is 5.73 Å². The van der Waals surface area contributed by atoms with Gasteiger partial charge in [0.15, 0.2) is 0 Å². The first-order chi connectivity index (χ1) is 8.32. The predicted octanol–water partition coefficient (Wildman–Crippen LogP) is 1.45. The number of sulfonamides is 1. The summed E-state index contributed by atoms with van der Waals surface area (Å²) in [6, 6.07) is 3.08. The van der Waals surface area contributed by atoms with Crippen molar-refractivity contribution in [2.75, 3.05) is 13.1 Å². The maximum absolute atomic E-state index is 12.9. The van der Waals surface area contributed by atoms with Crippen molar-refractivity contribution in [3.8, 4) is 0 Å². The fraction of sp³-hybridized carbons (Fsp3) is 0.455. The molecular formula is C11H14ClFN2O2S. The minimum Gasteiger partial charge on any atom is -0.326 e. The van der Waals surface area contributed by atoms with Crippen LogP contribution in [-0.4, -0.2) is 31.9 Å². The highest BCUT2D eigenvalue weighted by atomic mass is 35.5. The molecule has 2 N–H and O–H groups in total. The SMILES string of the molecule is CC1CN(S(=O)(=O)c2ccc(F)cc2Cl)CC1N. The van der Waals surface area contributed by atoms with Gasteiger partial charge in [0, 0.05) is 19.1 Å². The Morgan fingerprint density at radius 1 is 1.44 bits per heavy atom. The number of rotatable bonds is 2. The molecule has 1 aliphatic heterocycles. The van der Waals surface area contributed by atoms with Crippen LogP contribution in [0.15, 0.2) is 23.1 Å². The van der Waals surface area contributed by atoms with Gasteiger partial charge in [0.05, 0.1) is 5.02 Å². The number of nitrogens with two attached hydrogens (primary N) is 1. The van der Waals surface area contributed by atoms with Gasteiger partial charge in [-0.05, 0) is 24.1 Å². The molecule has 7 heteroatoms. The number of halogens is 2. The zero-order valence-electron chi connectivity index (χ0n) is 9.81. The number of nitrogens with zero attached hydrogens (tertiary/aromatic N) is 1. The highest BCUT2D eigenvalue weighted by molar-refractivity contribution is 7.89. The molecule has 0 amide bonds. The molecule has 0 saturated carbocycles. The molecule has 0 aromatic heterocycles. The lowest BCUT2D eigenvalue weighted by atomic mass is 10.1. The molecule has 2 unspecified atom stereocenters. The van der Waals surface area contributed by atoms with Crippen molar-refractivity contribution < 1.29 is 12.8 Å². The minimum absolute atomic E-state index is 0.0770. The van der Waals surface area contributed by atoms with Crippen LogP contribution in [0.3, 0.4) is 0 Å². The molecule has 0 aliphatic carbocycles. The first-order valence-corrected chi connectivity index (χ1v) is 7.35. The second-order valence-electron chi connectivity index (χ2n) is 4.54. The van der Waals surface area contributed by atoms with E-state index < -0.39 is 15.8 Å². The van der Waals surface area contributed by atoms with E-state index in [0.717, 1.165) is 12.1 Å². The van der Waals surface area contributed by atoms with Crippen LogP contribution in [0.2, 0.25) is 5.02 Å². The lowest BCUT2D eigenvalue weighted by Gasteiger charge is -2.16. The summed E-state index contributed by atoms with van der Waals surface area (Å²) < 4.78 is 38.9. The normalized spacial score (nSPS) is 25.6. The van der Waals surface area contributed by atoms with Crippen LogP contribution in [0.4, 0.5) is 4.39 Å². The van der Waals surface area contributed by atoms with Crippen molar-refractivity contribution >= 4 is 21.6 Å². The molecule has 100 valence electrons. The third-order valence-corrected chi connectivity index (χ3v) is 5.46. The molecule has 4 nitrogen and oxygen atoms in total. The van der Waals surface area contributed by atoms with Crippen LogP contribution in [-0.2, 0) is 10.0 Å². The Morgan fingerprint density at radius 2 is 2.11 bits per heavy atom. The van der Waals surface area contributed by atoms with E-state index in [2.05, 4.69) is 0 Å². The predicted molar refractivity (Wildman–Crippen MR) is 67.3 cm³/mol. The van der Waals surface area contributed by atoms with E-state index in [-0.39, 0.29) is 28.4 Å². The molecule has 2 rings (SSSR count). The maximum atomic E-state index is 12.9. The molecule has 1 fully saturated rings. The van der Waals surface area contributed by atoms with E-state index in [1.54, 1.807) is 0 Å². The largest absolute Gasteiger partial charge is 0.326 e. The summed E-state index contributed by atoms with van der Waals surface area (Å²) in [5, 5.41) is -0.108. The smallest absolute Gasteiger partial charge is 0.244 e. The van der Waals surface area contributed by atoms with Gasteiger partial charge in [-0.3, -0.25) is 0 Å². The zero-order valence-corrected chi connectivity index (χ0v) is 11.4. The summed E-state index contributed by atoms with van der Waals surface area (Å²) in [7, 11) is -3.70. The van der Waals surface area contributed by atoms with Crippen LogP contribution >= 0.6 is 11.6 Å². The Kier molecular flexibility index (Phi) is 3.64. The first-order valence-electron chi connectivity index (χ1n) is 5.53. The monoisotopic (exact) mass is 292 g/mol. The molecule has 0 bridgehead atoms. The fourth-order valence-corrected chi connectivity index (χ4v) is 4.05. The topological polar surface area (TPSA) is 63.4 Å². The van der Waals surface area contributed by atoms with Crippen molar-refractivity contribution in [1.82, 2.24) is 4.31 Å². The van der Waals surface area contributed by atoms with Gasteiger partial charge in [-0.2, -0.15) is 4.31 Å². The molecule has 0 spiro atoms. The maximum Gasteiger partial charge on any atom is 0.244 e. The van der Waals surface area contributed by atoms with Gasteiger partial charge >= 0.3 is 0 Å². The summed E-state index contributed by atoms with van der Waals surface area (Å²) in [5.74, 6) is -0.468. The summed E-state index contributed by atoms with van der Waals surface area (Å²) in [6.07, 6.45) is 0. The van der Waals surface area contributed by atoms with Crippen molar-refractivity contribution in [3.05, 3.63) is 29.0 Å². The van der Waals surface area contributed by atoms with Crippen LogP contribution in [0.25, 0.3) is 0 Å². The van der Waals surface area contributed by atoms with E-state index in [1.807, 2.05) is 6.92 Å². The van der Waals surface area contributed by atoms with Gasteiger partial charge in [-0.15, -0.1) is 0 Å². The Balaban J connectivity index is 2.37. The van der Waals surface area contributed by atoms with E-state index in [4.69, 9.17) is 17.3 Å². The average molecular weight is 293 g/mol. The molecule has 1 aromatic rings. The number of benzene rings is 1. The second kappa shape index (κ2) is 4.77. The second-order valence-corrected chi connectivity index (χ2v) is 6.85. The number of hydrogen-bond acceptors (Lipinski definition) is 3. The Bertz CT molecular complexity index is 554. The Hall–Kier alpha value is -0.690. The fourth-order valence-electron chi connectivity index (χ4n) is 1.97. The molecule has 1 aromatic carbocycles. The van der Waals surface area contributed by atoms with Crippen LogP contribution in [0.1, 0.15) is 6.92 Å². The Morgan fingerprint density at radius 3 is 2.61 bits per heavy atom. The standard InChI is InChI=1S/C11H14ClFN2O2S/c1-7-5-15(6-10(7)14)18(16,17)11-3-2-8(13)4-9(11)12/h2-4,7,10H,5-6,14H2,1H3. The van der Waals surface area contributed by atoms with Gasteiger partial charge in [0.2, 0.25) is 10.0 Å². The van der Waals surface area contributed by atoms with E-state index in [9.17, 15) is 12.8 Å². The molecule has 1 saturated heterocycles. The van der Waals surface area contributed by atoms with E-state index in [0.29, 0.717) is 6.54 Å². The van der Waals surface area contributed by atoms with Crippen molar-refractivity contribution in [2.45, 2.75) is 17.9 Å². The summed E-state index contributed by atoms with van der Waals surface area (Å²) >= 11 is 5.79. The van der Waals surface area contributed by atoms with Gasteiger partial charge in [0.25, 0.3) is 0 Å². The molecule has 1 aliphatic rings. The van der Waals surface area contributed by atoms with Crippen LogP contribution in [0.5, 0.6) is 0 Å². The summed E-state index contributed by atoms with van der Waals surface area (Å²) in [6.45, 7) is 2.51. The zero-order chi connectivity index (χ0) is 13.5. The van der Waals surface area contributed by atoms with Crippen molar-refractivity contribution in [1.29, 1.82) is 0 Å². The van der Waals surface area contributed by atoms with Gasteiger partial charge < -0.3 is 5.73 Å². The lowest BCUT2D eigenvalue weighted by Crippen LogP contribution is -2.32. The van der Waals surface area contributed by atoms with E-state index in [1.165, 1.54) is 10.4 Å². The van der Waals surface area contributed by atoms with Gasteiger partial charge in [-0.1, -0.05) is 18.5 Å².